The van der Waals surface area contributed by atoms with Crippen LogP contribution in [0.1, 0.15) is 56.9 Å². The highest BCUT2D eigenvalue weighted by Gasteiger charge is 2.74. The zero-order valence-electron chi connectivity index (χ0n) is 16.7. The molecule has 0 saturated carbocycles. The molecule has 1 heterocycles. The fourth-order valence-electron chi connectivity index (χ4n) is 4.94. The Morgan fingerprint density at radius 3 is 2.07 bits per heavy atom. The van der Waals surface area contributed by atoms with Crippen molar-refractivity contribution in [1.82, 2.24) is 4.90 Å². The number of aliphatic hydroxyl groups is 2. The first-order chi connectivity index (χ1) is 14.2. The number of hydrogen-bond acceptors (Lipinski definition) is 6. The summed E-state index contributed by atoms with van der Waals surface area (Å²) in [6.45, 7) is 4.20. The SMILES string of the molecule is CC(C)CCN1C2=C(C(=O)c3ccccc3C2=O)C2(O)C(=O)c3ccccc3C12O. The molecular weight excluding hydrogens is 382 g/mol. The van der Waals surface area contributed by atoms with Crippen molar-refractivity contribution in [3.8, 4) is 0 Å². The molecule has 30 heavy (non-hydrogen) atoms. The molecule has 0 aromatic heterocycles. The minimum Gasteiger partial charge on any atom is -0.372 e. The molecule has 152 valence electrons. The van der Waals surface area contributed by atoms with E-state index in [4.69, 9.17) is 0 Å². The average Bonchev–Trinajstić information content (AvgIpc) is 3.05. The molecule has 2 aromatic rings. The number of nitrogens with zero attached hydrogens (tertiary/aromatic N) is 1. The minimum absolute atomic E-state index is 0.0767. The predicted molar refractivity (Wildman–Crippen MR) is 108 cm³/mol. The zero-order chi connectivity index (χ0) is 21.4. The van der Waals surface area contributed by atoms with Gasteiger partial charge in [-0.2, -0.15) is 0 Å². The quantitative estimate of drug-likeness (QED) is 0.818. The first kappa shape index (κ1) is 18.9. The molecule has 3 aliphatic rings. The van der Waals surface area contributed by atoms with Crippen LogP contribution in [0.25, 0.3) is 0 Å². The molecule has 0 saturated heterocycles. The Balaban J connectivity index is 1.81. The van der Waals surface area contributed by atoms with E-state index in [0.29, 0.717) is 6.42 Å². The number of ketones is 3. The van der Waals surface area contributed by atoms with Crippen LogP contribution in [0, 0.1) is 5.92 Å². The van der Waals surface area contributed by atoms with Crippen LogP contribution < -0.4 is 0 Å². The van der Waals surface area contributed by atoms with E-state index in [9.17, 15) is 24.6 Å². The van der Waals surface area contributed by atoms with E-state index in [-0.39, 0.29) is 46.0 Å². The average molecular weight is 403 g/mol. The summed E-state index contributed by atoms with van der Waals surface area (Å²) < 4.78 is 0. The largest absolute Gasteiger partial charge is 0.372 e. The second-order valence-corrected chi connectivity index (χ2v) is 8.52. The lowest BCUT2D eigenvalue weighted by Crippen LogP contribution is -2.58. The maximum atomic E-state index is 13.5. The van der Waals surface area contributed by atoms with Gasteiger partial charge >= 0.3 is 0 Å². The summed E-state index contributed by atoms with van der Waals surface area (Å²) in [5.74, 6) is -1.60. The fraction of sp³-hybridized carbons (Fsp3) is 0.292. The molecular formula is C24H21NO5. The van der Waals surface area contributed by atoms with Gasteiger partial charge in [0, 0.05) is 28.8 Å². The second-order valence-electron chi connectivity index (χ2n) is 8.52. The van der Waals surface area contributed by atoms with Crippen molar-refractivity contribution < 1.29 is 24.6 Å². The third-order valence-corrected chi connectivity index (χ3v) is 6.43. The molecule has 0 radical (unpaired) electrons. The van der Waals surface area contributed by atoms with Gasteiger partial charge in [0.1, 0.15) is 0 Å². The first-order valence-corrected chi connectivity index (χ1v) is 10.0. The number of benzene rings is 2. The summed E-state index contributed by atoms with van der Waals surface area (Å²) in [7, 11) is 0. The monoisotopic (exact) mass is 403 g/mol. The highest BCUT2D eigenvalue weighted by atomic mass is 16.4. The van der Waals surface area contributed by atoms with Crippen LogP contribution in [0.15, 0.2) is 59.8 Å². The van der Waals surface area contributed by atoms with E-state index in [1.54, 1.807) is 36.4 Å². The summed E-state index contributed by atoms with van der Waals surface area (Å²) in [5.41, 5.74) is -4.44. The maximum Gasteiger partial charge on any atom is 0.211 e. The topological polar surface area (TPSA) is 94.9 Å². The third kappa shape index (κ3) is 1.98. The fourth-order valence-corrected chi connectivity index (χ4v) is 4.94. The highest BCUT2D eigenvalue weighted by molar-refractivity contribution is 6.32. The predicted octanol–water partition coefficient (Wildman–Crippen LogP) is 2.45. The van der Waals surface area contributed by atoms with Crippen molar-refractivity contribution >= 4 is 17.3 Å². The van der Waals surface area contributed by atoms with Crippen LogP contribution in [0.4, 0.5) is 0 Å². The van der Waals surface area contributed by atoms with Crippen LogP contribution in [-0.2, 0) is 5.72 Å². The van der Waals surface area contributed by atoms with E-state index >= 15 is 0 Å². The Labute approximate surface area is 173 Å². The van der Waals surface area contributed by atoms with Crippen molar-refractivity contribution in [2.24, 2.45) is 5.92 Å². The van der Waals surface area contributed by atoms with Crippen LogP contribution in [0.2, 0.25) is 0 Å². The van der Waals surface area contributed by atoms with Gasteiger partial charge in [-0.3, -0.25) is 14.4 Å². The van der Waals surface area contributed by atoms with E-state index < -0.39 is 28.7 Å². The molecule has 2 unspecified atom stereocenters. The van der Waals surface area contributed by atoms with Crippen molar-refractivity contribution in [2.75, 3.05) is 6.54 Å². The molecule has 2 N–H and O–H groups in total. The van der Waals surface area contributed by atoms with Gasteiger partial charge in [-0.05, 0) is 12.3 Å². The van der Waals surface area contributed by atoms with Gasteiger partial charge in [0.2, 0.25) is 22.9 Å². The van der Waals surface area contributed by atoms with E-state index in [0.717, 1.165) is 0 Å². The molecule has 2 atom stereocenters. The number of allylic oxidation sites excluding steroid dienone is 1. The first-order valence-electron chi connectivity index (χ1n) is 10.0. The smallest absolute Gasteiger partial charge is 0.211 e. The molecule has 5 rings (SSSR count). The Kier molecular flexibility index (Phi) is 3.76. The van der Waals surface area contributed by atoms with Gasteiger partial charge < -0.3 is 15.1 Å². The maximum absolute atomic E-state index is 13.5. The molecule has 6 nitrogen and oxygen atoms in total. The lowest BCUT2D eigenvalue weighted by Gasteiger charge is -2.40. The molecule has 0 fully saturated rings. The highest BCUT2D eigenvalue weighted by Crippen LogP contribution is 2.58. The standard InChI is InChI=1S/C24H21NO5/c1-13(2)11-12-25-19-18(20(26)14-7-3-4-8-15(14)21(19)27)23(29)22(28)16-9-5-6-10-17(16)24(23,25)30/h3-10,13,29-30H,11-12H2,1-2H3. The summed E-state index contributed by atoms with van der Waals surface area (Å²) in [6, 6.07) is 12.7. The number of hydrogen-bond donors (Lipinski definition) is 2. The van der Waals surface area contributed by atoms with Crippen molar-refractivity contribution in [2.45, 2.75) is 31.6 Å². The molecule has 0 amide bonds. The van der Waals surface area contributed by atoms with Crippen molar-refractivity contribution in [3.05, 3.63) is 82.1 Å². The number of fused-ring (bicyclic) bond motifs is 5. The molecule has 2 aliphatic carbocycles. The molecule has 2 aromatic carbocycles. The molecule has 6 heteroatoms. The lowest BCUT2D eigenvalue weighted by molar-refractivity contribution is -0.169. The lowest BCUT2D eigenvalue weighted by atomic mass is 9.78. The summed E-state index contributed by atoms with van der Waals surface area (Å²) in [4.78, 5) is 41.7. The van der Waals surface area contributed by atoms with Gasteiger partial charge in [-0.15, -0.1) is 0 Å². The Hall–Kier alpha value is -3.09. The van der Waals surface area contributed by atoms with Crippen LogP contribution >= 0.6 is 0 Å². The summed E-state index contributed by atoms with van der Waals surface area (Å²) in [5, 5.41) is 23.7. The summed E-state index contributed by atoms with van der Waals surface area (Å²) >= 11 is 0. The third-order valence-electron chi connectivity index (χ3n) is 6.43. The van der Waals surface area contributed by atoms with Gasteiger partial charge in [0.25, 0.3) is 0 Å². The van der Waals surface area contributed by atoms with Crippen LogP contribution in [0.3, 0.4) is 0 Å². The van der Waals surface area contributed by atoms with Gasteiger partial charge in [-0.1, -0.05) is 62.4 Å². The summed E-state index contributed by atoms with van der Waals surface area (Å²) in [6.07, 6.45) is 0.592. The number of carbonyl (C=O) groups excluding carboxylic acids is 3. The second kappa shape index (κ2) is 5.97. The van der Waals surface area contributed by atoms with Crippen molar-refractivity contribution in [3.63, 3.8) is 0 Å². The Morgan fingerprint density at radius 1 is 0.867 bits per heavy atom. The van der Waals surface area contributed by atoms with Gasteiger partial charge in [0.05, 0.1) is 11.3 Å². The van der Waals surface area contributed by atoms with E-state index in [1.165, 1.54) is 17.0 Å². The Morgan fingerprint density at radius 2 is 1.43 bits per heavy atom. The molecule has 0 spiro atoms. The molecule has 0 bridgehead atoms. The van der Waals surface area contributed by atoms with Gasteiger partial charge in [0.15, 0.2) is 5.78 Å². The zero-order valence-corrected chi connectivity index (χ0v) is 16.7. The normalized spacial score (nSPS) is 26.8. The van der Waals surface area contributed by atoms with E-state index in [1.807, 2.05) is 13.8 Å². The van der Waals surface area contributed by atoms with Crippen molar-refractivity contribution in [1.29, 1.82) is 0 Å². The molecule has 1 aliphatic heterocycles. The number of Topliss-reactive ketones (excluding diaryl/α,β-unsaturated/α-hetero) is 3. The Bertz CT molecular complexity index is 1180. The van der Waals surface area contributed by atoms with E-state index in [2.05, 4.69) is 0 Å². The minimum atomic E-state index is -2.54. The van der Waals surface area contributed by atoms with Crippen LogP contribution in [-0.4, -0.2) is 44.6 Å². The number of carbonyl (C=O) groups is 3. The number of rotatable bonds is 3. The van der Waals surface area contributed by atoms with Crippen LogP contribution in [0.5, 0.6) is 0 Å². The van der Waals surface area contributed by atoms with Gasteiger partial charge in [-0.25, -0.2) is 0 Å².